The zero-order valence-electron chi connectivity index (χ0n) is 12.7. The molecule has 5 nitrogen and oxygen atoms in total. The molecule has 0 radical (unpaired) electrons. The van der Waals surface area contributed by atoms with Crippen molar-refractivity contribution in [2.24, 2.45) is 0 Å². The molecule has 3 heterocycles. The number of amides is 1. The number of likely N-dealkylation sites (tertiary alicyclic amines) is 1. The van der Waals surface area contributed by atoms with E-state index in [2.05, 4.69) is 9.88 Å². The Balaban J connectivity index is 1.91. The van der Waals surface area contributed by atoms with Gasteiger partial charge in [0.15, 0.2) is 5.69 Å². The number of fused-ring (bicyclic) bond motifs is 1. The minimum absolute atomic E-state index is 0.116. The Kier molecular flexibility index (Phi) is 4.29. The molecule has 8 heteroatoms. The summed E-state index contributed by atoms with van der Waals surface area (Å²) in [6.45, 7) is 2.08. The maximum atomic E-state index is 13.1. The first-order valence-corrected chi connectivity index (χ1v) is 7.51. The second-order valence-electron chi connectivity index (χ2n) is 5.92. The molecule has 0 saturated carbocycles. The normalized spacial score (nSPS) is 26.0. The molecule has 23 heavy (non-hydrogen) atoms. The number of aromatic nitrogens is 1. The number of likely N-dealkylation sites (N-methyl/N-ethyl adjacent to an activating group) is 1. The molecule has 2 atom stereocenters. The summed E-state index contributed by atoms with van der Waals surface area (Å²) in [6.07, 6.45) is -2.95. The molecule has 2 aliphatic heterocycles. The zero-order chi connectivity index (χ0) is 16.6. The van der Waals surface area contributed by atoms with Crippen molar-refractivity contribution in [3.05, 3.63) is 29.6 Å². The van der Waals surface area contributed by atoms with Crippen molar-refractivity contribution >= 4 is 5.91 Å². The smallest absolute Gasteiger partial charge is 0.374 e. The summed E-state index contributed by atoms with van der Waals surface area (Å²) in [4.78, 5) is 19.7. The third kappa shape index (κ3) is 3.18. The van der Waals surface area contributed by atoms with E-state index < -0.39 is 23.3 Å². The summed E-state index contributed by atoms with van der Waals surface area (Å²) in [7, 11) is 1.93. The number of nitrogens with zero attached hydrogens (tertiary/aromatic N) is 3. The molecule has 1 amide bonds. The maximum absolute atomic E-state index is 13.1. The topological polar surface area (TPSA) is 45.7 Å². The van der Waals surface area contributed by atoms with Gasteiger partial charge in [-0.1, -0.05) is 0 Å². The van der Waals surface area contributed by atoms with Crippen molar-refractivity contribution in [2.45, 2.75) is 24.7 Å². The van der Waals surface area contributed by atoms with Crippen LogP contribution in [0.3, 0.4) is 0 Å². The average Bonchev–Trinajstić information content (AvgIpc) is 2.53. The van der Waals surface area contributed by atoms with Gasteiger partial charge in [0, 0.05) is 25.8 Å². The Morgan fingerprint density at radius 3 is 2.91 bits per heavy atom. The van der Waals surface area contributed by atoms with Crippen molar-refractivity contribution in [3.8, 4) is 0 Å². The quantitative estimate of drug-likeness (QED) is 0.786. The van der Waals surface area contributed by atoms with Gasteiger partial charge in [-0.3, -0.25) is 9.78 Å². The van der Waals surface area contributed by atoms with E-state index in [9.17, 15) is 18.0 Å². The van der Waals surface area contributed by atoms with Crippen molar-refractivity contribution in [1.82, 2.24) is 14.8 Å². The average molecular weight is 329 g/mol. The monoisotopic (exact) mass is 329 g/mol. The Morgan fingerprint density at radius 1 is 1.39 bits per heavy atom. The summed E-state index contributed by atoms with van der Waals surface area (Å²) in [5.41, 5.74) is -1.52. The lowest BCUT2D eigenvalue weighted by atomic mass is 9.98. The van der Waals surface area contributed by atoms with Gasteiger partial charge in [-0.25, -0.2) is 0 Å². The Labute approximate surface area is 132 Å². The van der Waals surface area contributed by atoms with Crippen LogP contribution in [0.2, 0.25) is 0 Å². The number of hydrogen-bond acceptors (Lipinski definition) is 4. The molecule has 1 aromatic rings. The number of rotatable bonds is 1. The summed E-state index contributed by atoms with van der Waals surface area (Å²) >= 11 is 0. The minimum Gasteiger partial charge on any atom is -0.374 e. The second kappa shape index (κ2) is 6.09. The molecule has 3 rings (SSSR count). The Hall–Kier alpha value is -1.67. The van der Waals surface area contributed by atoms with Crippen LogP contribution < -0.4 is 0 Å². The first-order valence-electron chi connectivity index (χ1n) is 7.51. The molecular formula is C15H18F3N3O2. The SMILES string of the molecule is CN1CCC2OCCN(C(=O)c3cccnc3C(F)(F)F)C2C1. The molecule has 0 aromatic carbocycles. The Morgan fingerprint density at radius 2 is 2.17 bits per heavy atom. The molecule has 2 fully saturated rings. The lowest BCUT2D eigenvalue weighted by Crippen LogP contribution is -2.60. The maximum Gasteiger partial charge on any atom is 0.434 e. The van der Waals surface area contributed by atoms with E-state index in [1.54, 1.807) is 0 Å². The van der Waals surface area contributed by atoms with Gasteiger partial charge in [0.05, 0.1) is 24.3 Å². The van der Waals surface area contributed by atoms with Crippen molar-refractivity contribution in [2.75, 3.05) is 33.3 Å². The number of carbonyl (C=O) groups is 1. The number of pyridine rings is 1. The second-order valence-corrected chi connectivity index (χ2v) is 5.92. The van der Waals surface area contributed by atoms with Crippen LogP contribution in [0, 0.1) is 0 Å². The molecule has 0 bridgehead atoms. The molecule has 2 aliphatic rings. The molecule has 2 saturated heterocycles. The molecule has 0 aliphatic carbocycles. The van der Waals surface area contributed by atoms with Crippen LogP contribution >= 0.6 is 0 Å². The number of ether oxygens (including phenoxy) is 1. The molecule has 126 valence electrons. The predicted molar refractivity (Wildman–Crippen MR) is 75.9 cm³/mol. The van der Waals surface area contributed by atoms with E-state index in [0.717, 1.165) is 19.2 Å². The highest BCUT2D eigenvalue weighted by molar-refractivity contribution is 5.95. The first kappa shape index (κ1) is 16.2. The number of alkyl halides is 3. The van der Waals surface area contributed by atoms with E-state index in [0.29, 0.717) is 19.7 Å². The summed E-state index contributed by atoms with van der Waals surface area (Å²) < 4.78 is 45.0. The van der Waals surface area contributed by atoms with Gasteiger partial charge < -0.3 is 14.5 Å². The van der Waals surface area contributed by atoms with Gasteiger partial charge in [0.2, 0.25) is 0 Å². The van der Waals surface area contributed by atoms with Crippen LogP contribution in [0.1, 0.15) is 22.5 Å². The van der Waals surface area contributed by atoms with Crippen LogP contribution in [0.25, 0.3) is 0 Å². The summed E-state index contributed by atoms with van der Waals surface area (Å²) in [6, 6.07) is 2.32. The molecule has 2 unspecified atom stereocenters. The third-order valence-electron chi connectivity index (χ3n) is 4.36. The van der Waals surface area contributed by atoms with E-state index in [-0.39, 0.29) is 12.1 Å². The summed E-state index contributed by atoms with van der Waals surface area (Å²) in [5.74, 6) is -0.626. The zero-order valence-corrected chi connectivity index (χ0v) is 12.7. The van der Waals surface area contributed by atoms with E-state index in [4.69, 9.17) is 4.74 Å². The van der Waals surface area contributed by atoms with Crippen LogP contribution in [-0.2, 0) is 10.9 Å². The predicted octanol–water partition coefficient (Wildman–Crippen LogP) is 1.65. The van der Waals surface area contributed by atoms with Crippen LogP contribution in [-0.4, -0.2) is 66.1 Å². The van der Waals surface area contributed by atoms with Gasteiger partial charge in [-0.15, -0.1) is 0 Å². The standard InChI is InChI=1S/C15H18F3N3O2/c1-20-6-4-12-11(9-20)21(7-8-23-12)14(22)10-3-2-5-19-13(10)15(16,17)18/h2-3,5,11-12H,4,6-9H2,1H3. The molecular weight excluding hydrogens is 311 g/mol. The van der Waals surface area contributed by atoms with Crippen molar-refractivity contribution < 1.29 is 22.7 Å². The largest absolute Gasteiger partial charge is 0.434 e. The Bertz CT molecular complexity index is 594. The van der Waals surface area contributed by atoms with Crippen LogP contribution in [0.4, 0.5) is 13.2 Å². The number of piperidine rings is 1. The fourth-order valence-electron chi connectivity index (χ4n) is 3.24. The first-order chi connectivity index (χ1) is 10.9. The number of halogens is 3. The van der Waals surface area contributed by atoms with Crippen LogP contribution in [0.15, 0.2) is 18.3 Å². The van der Waals surface area contributed by atoms with E-state index in [1.165, 1.54) is 17.0 Å². The lowest BCUT2D eigenvalue weighted by Gasteiger charge is -2.46. The van der Waals surface area contributed by atoms with E-state index in [1.807, 2.05) is 7.05 Å². The molecule has 1 aromatic heterocycles. The van der Waals surface area contributed by atoms with E-state index >= 15 is 0 Å². The summed E-state index contributed by atoms with van der Waals surface area (Å²) in [5, 5.41) is 0. The van der Waals surface area contributed by atoms with Gasteiger partial charge in [-0.2, -0.15) is 13.2 Å². The van der Waals surface area contributed by atoms with Crippen molar-refractivity contribution in [3.63, 3.8) is 0 Å². The lowest BCUT2D eigenvalue weighted by molar-refractivity contribution is -0.141. The highest BCUT2D eigenvalue weighted by Gasteiger charge is 2.42. The fourth-order valence-corrected chi connectivity index (χ4v) is 3.24. The van der Waals surface area contributed by atoms with Gasteiger partial charge in [0.25, 0.3) is 5.91 Å². The van der Waals surface area contributed by atoms with Gasteiger partial charge in [0.1, 0.15) is 0 Å². The third-order valence-corrected chi connectivity index (χ3v) is 4.36. The number of morpholine rings is 1. The van der Waals surface area contributed by atoms with Gasteiger partial charge in [-0.05, 0) is 25.6 Å². The number of carbonyl (C=O) groups excluding carboxylic acids is 1. The highest BCUT2D eigenvalue weighted by Crippen LogP contribution is 2.32. The van der Waals surface area contributed by atoms with Crippen LogP contribution in [0.5, 0.6) is 0 Å². The fraction of sp³-hybridized carbons (Fsp3) is 0.600. The minimum atomic E-state index is -4.65. The number of hydrogen-bond donors (Lipinski definition) is 0. The molecule has 0 spiro atoms. The molecule has 0 N–H and O–H groups in total. The highest BCUT2D eigenvalue weighted by atomic mass is 19.4. The van der Waals surface area contributed by atoms with Crippen molar-refractivity contribution in [1.29, 1.82) is 0 Å². The van der Waals surface area contributed by atoms with Gasteiger partial charge >= 0.3 is 6.18 Å².